The Morgan fingerprint density at radius 2 is 2.29 bits per heavy atom. The molecule has 2 N–H and O–H groups in total. The lowest BCUT2D eigenvalue weighted by atomic mass is 9.90. The number of hydrogen-bond acceptors (Lipinski definition) is 3. The molecule has 5 nitrogen and oxygen atoms in total. The second kappa shape index (κ2) is 5.33. The molecule has 1 aliphatic carbocycles. The lowest BCUT2D eigenvalue weighted by Crippen LogP contribution is -2.42. The Hall–Kier alpha value is -1.56. The summed E-state index contributed by atoms with van der Waals surface area (Å²) in [6.45, 7) is 2.51. The smallest absolute Gasteiger partial charge is 0.317 e. The van der Waals surface area contributed by atoms with E-state index < -0.39 is 11.4 Å². The van der Waals surface area contributed by atoms with Crippen molar-refractivity contribution in [3.63, 3.8) is 0 Å². The van der Waals surface area contributed by atoms with Crippen LogP contribution in [0.2, 0.25) is 0 Å². The number of rotatable bonds is 4. The second-order valence-corrected chi connectivity index (χ2v) is 7.30. The zero-order valence-corrected chi connectivity index (χ0v) is 12.9. The Balaban J connectivity index is 1.65. The van der Waals surface area contributed by atoms with Gasteiger partial charge in [0.15, 0.2) is 0 Å². The third kappa shape index (κ3) is 2.90. The summed E-state index contributed by atoms with van der Waals surface area (Å²) in [5.74, 6) is -0.295. The number of aliphatic carboxylic acids is 1. The van der Waals surface area contributed by atoms with Gasteiger partial charge in [-0.15, -0.1) is 11.3 Å². The molecule has 1 aromatic rings. The number of urea groups is 1. The average Bonchev–Trinajstić information content (AvgIpc) is 2.98. The van der Waals surface area contributed by atoms with Crippen molar-refractivity contribution in [2.24, 2.45) is 11.3 Å². The molecule has 2 unspecified atom stereocenters. The van der Waals surface area contributed by atoms with Crippen LogP contribution in [-0.2, 0) is 4.79 Å². The summed E-state index contributed by atoms with van der Waals surface area (Å²) >= 11 is 1.66. The summed E-state index contributed by atoms with van der Waals surface area (Å²) in [6, 6.07) is 4.00. The third-order valence-electron chi connectivity index (χ3n) is 4.50. The van der Waals surface area contributed by atoms with E-state index in [1.807, 2.05) is 11.4 Å². The van der Waals surface area contributed by atoms with Crippen molar-refractivity contribution in [3.8, 4) is 0 Å². The highest BCUT2D eigenvalue weighted by Crippen LogP contribution is 2.42. The molecule has 1 aliphatic heterocycles. The van der Waals surface area contributed by atoms with Crippen LogP contribution in [0, 0.1) is 11.3 Å². The largest absolute Gasteiger partial charge is 0.481 e. The van der Waals surface area contributed by atoms with E-state index in [1.54, 1.807) is 23.2 Å². The molecule has 2 atom stereocenters. The Labute approximate surface area is 128 Å². The van der Waals surface area contributed by atoms with Crippen LogP contribution < -0.4 is 5.32 Å². The number of nitrogens with one attached hydrogen (secondary N) is 1. The number of carboxylic acids is 1. The molecule has 6 heteroatoms. The first kappa shape index (κ1) is 14.4. The summed E-state index contributed by atoms with van der Waals surface area (Å²) in [6.07, 6.45) is 2.81. The Morgan fingerprint density at radius 1 is 1.52 bits per heavy atom. The van der Waals surface area contributed by atoms with Crippen molar-refractivity contribution in [3.05, 3.63) is 22.4 Å². The maximum atomic E-state index is 12.4. The number of carboxylic acid groups (broad SMARTS) is 1. The van der Waals surface area contributed by atoms with Gasteiger partial charge in [0, 0.05) is 18.0 Å². The molecule has 2 fully saturated rings. The summed E-state index contributed by atoms with van der Waals surface area (Å²) in [5, 5.41) is 14.4. The number of amides is 2. The van der Waals surface area contributed by atoms with Gasteiger partial charge >= 0.3 is 12.0 Å². The van der Waals surface area contributed by atoms with E-state index in [0.29, 0.717) is 18.9 Å². The molecule has 114 valence electrons. The molecule has 0 aromatic carbocycles. The summed E-state index contributed by atoms with van der Waals surface area (Å²) < 4.78 is 0. The molecule has 0 spiro atoms. The molecule has 1 aromatic heterocycles. The topological polar surface area (TPSA) is 69.6 Å². The first-order valence-corrected chi connectivity index (χ1v) is 8.20. The van der Waals surface area contributed by atoms with Crippen LogP contribution in [-0.4, -0.2) is 35.1 Å². The zero-order valence-electron chi connectivity index (χ0n) is 12.0. The maximum Gasteiger partial charge on any atom is 0.317 e. The minimum Gasteiger partial charge on any atom is -0.481 e. The van der Waals surface area contributed by atoms with Gasteiger partial charge in [0.2, 0.25) is 0 Å². The van der Waals surface area contributed by atoms with E-state index in [2.05, 4.69) is 11.4 Å². The lowest BCUT2D eigenvalue weighted by Gasteiger charge is -2.24. The van der Waals surface area contributed by atoms with Gasteiger partial charge in [-0.2, -0.15) is 0 Å². The third-order valence-corrected chi connectivity index (χ3v) is 5.45. The predicted octanol–water partition coefficient (Wildman–Crippen LogP) is 2.71. The van der Waals surface area contributed by atoms with E-state index in [-0.39, 0.29) is 18.6 Å². The van der Waals surface area contributed by atoms with E-state index in [4.69, 9.17) is 0 Å². The zero-order chi connectivity index (χ0) is 15.0. The van der Waals surface area contributed by atoms with Crippen molar-refractivity contribution < 1.29 is 14.7 Å². The molecular weight excluding hydrogens is 288 g/mol. The van der Waals surface area contributed by atoms with Crippen LogP contribution in [0.25, 0.3) is 0 Å². The van der Waals surface area contributed by atoms with Crippen molar-refractivity contribution in [1.82, 2.24) is 10.2 Å². The molecule has 21 heavy (non-hydrogen) atoms. The number of carbonyl (C=O) groups excluding carboxylic acids is 1. The van der Waals surface area contributed by atoms with Gasteiger partial charge in [-0.1, -0.05) is 6.07 Å². The summed E-state index contributed by atoms with van der Waals surface area (Å²) in [4.78, 5) is 26.5. The predicted molar refractivity (Wildman–Crippen MR) is 80.2 cm³/mol. The highest BCUT2D eigenvalue weighted by atomic mass is 32.1. The highest BCUT2D eigenvalue weighted by molar-refractivity contribution is 7.10. The highest BCUT2D eigenvalue weighted by Gasteiger charge is 2.43. The molecule has 2 heterocycles. The fourth-order valence-electron chi connectivity index (χ4n) is 2.85. The Bertz CT molecular complexity index is 541. The SMILES string of the molecule is CC1(C(=O)O)CCN(C(=O)NC(c2cccs2)C2CC2)C1. The van der Waals surface area contributed by atoms with Crippen molar-refractivity contribution in [2.45, 2.75) is 32.2 Å². The number of nitrogens with zero attached hydrogens (tertiary/aromatic N) is 1. The van der Waals surface area contributed by atoms with Gasteiger partial charge < -0.3 is 15.3 Å². The van der Waals surface area contributed by atoms with E-state index >= 15 is 0 Å². The standard InChI is InChI=1S/C15H20N2O3S/c1-15(13(18)19)6-7-17(9-15)14(20)16-12(10-4-5-10)11-3-2-8-21-11/h2-3,8,10,12H,4-7,9H2,1H3,(H,16,20)(H,18,19). The van der Waals surface area contributed by atoms with Gasteiger partial charge in [0.1, 0.15) is 0 Å². The van der Waals surface area contributed by atoms with Crippen LogP contribution >= 0.6 is 11.3 Å². The average molecular weight is 308 g/mol. The van der Waals surface area contributed by atoms with Gasteiger partial charge in [0.25, 0.3) is 0 Å². The molecule has 2 amide bonds. The quantitative estimate of drug-likeness (QED) is 0.898. The monoisotopic (exact) mass is 308 g/mol. The molecule has 1 saturated heterocycles. The van der Waals surface area contributed by atoms with Gasteiger partial charge in [0.05, 0.1) is 11.5 Å². The summed E-state index contributed by atoms with van der Waals surface area (Å²) in [5.41, 5.74) is -0.810. The number of likely N-dealkylation sites (tertiary alicyclic amines) is 1. The van der Waals surface area contributed by atoms with Crippen molar-refractivity contribution >= 4 is 23.3 Å². The number of hydrogen-bond donors (Lipinski definition) is 2. The molecule has 1 saturated carbocycles. The van der Waals surface area contributed by atoms with Crippen molar-refractivity contribution in [1.29, 1.82) is 0 Å². The summed E-state index contributed by atoms with van der Waals surface area (Å²) in [7, 11) is 0. The van der Waals surface area contributed by atoms with Crippen LogP contribution in [0.4, 0.5) is 4.79 Å². The van der Waals surface area contributed by atoms with Crippen LogP contribution in [0.5, 0.6) is 0 Å². The van der Waals surface area contributed by atoms with Gasteiger partial charge in [-0.05, 0) is 43.6 Å². The maximum absolute atomic E-state index is 12.4. The van der Waals surface area contributed by atoms with E-state index in [0.717, 1.165) is 12.8 Å². The number of thiophene rings is 1. The normalized spacial score (nSPS) is 26.6. The van der Waals surface area contributed by atoms with Crippen LogP contribution in [0.3, 0.4) is 0 Å². The number of carbonyl (C=O) groups is 2. The van der Waals surface area contributed by atoms with Crippen LogP contribution in [0.15, 0.2) is 17.5 Å². The lowest BCUT2D eigenvalue weighted by molar-refractivity contribution is -0.147. The van der Waals surface area contributed by atoms with E-state index in [9.17, 15) is 14.7 Å². The van der Waals surface area contributed by atoms with Gasteiger partial charge in [-0.3, -0.25) is 4.79 Å². The minimum atomic E-state index is -0.824. The minimum absolute atomic E-state index is 0.0779. The Kier molecular flexibility index (Phi) is 3.65. The fraction of sp³-hybridized carbons (Fsp3) is 0.600. The second-order valence-electron chi connectivity index (χ2n) is 6.32. The van der Waals surface area contributed by atoms with Gasteiger partial charge in [-0.25, -0.2) is 4.79 Å². The molecule has 0 bridgehead atoms. The molecule has 0 radical (unpaired) electrons. The molecule has 2 aliphatic rings. The fourth-order valence-corrected chi connectivity index (χ4v) is 3.72. The first-order chi connectivity index (χ1) is 9.99. The van der Waals surface area contributed by atoms with Crippen LogP contribution in [0.1, 0.15) is 37.1 Å². The van der Waals surface area contributed by atoms with E-state index in [1.165, 1.54) is 4.88 Å². The molecule has 3 rings (SSSR count). The molecular formula is C15H20N2O3S. The Morgan fingerprint density at radius 3 is 2.81 bits per heavy atom. The van der Waals surface area contributed by atoms with Crippen molar-refractivity contribution in [2.75, 3.05) is 13.1 Å². The first-order valence-electron chi connectivity index (χ1n) is 7.32.